The van der Waals surface area contributed by atoms with E-state index < -0.39 is 12.1 Å². The number of rotatable bonds is 6. The molecule has 28 heavy (non-hydrogen) atoms. The van der Waals surface area contributed by atoms with Gasteiger partial charge in [-0.15, -0.1) is 0 Å². The first kappa shape index (κ1) is 19.7. The molecular weight excluding hydrogens is 358 g/mol. The molecule has 3 rings (SSSR count). The largest absolute Gasteiger partial charge is 0.495 e. The lowest BCUT2D eigenvalue weighted by atomic mass is 10.1. The highest BCUT2D eigenvalue weighted by Gasteiger charge is 2.22. The van der Waals surface area contributed by atoms with Crippen LogP contribution in [0.25, 0.3) is 0 Å². The van der Waals surface area contributed by atoms with Crippen LogP contribution in [0.5, 0.6) is 5.75 Å². The van der Waals surface area contributed by atoms with E-state index in [4.69, 9.17) is 15.1 Å². The molecule has 1 aliphatic heterocycles. The standard InChI is InChI=1S/C21H23N3O4/c1-28-20-12-15(13-22)2-7-18(20)24-10-8-23(9-11-24)14-19(25)16-3-5-17(6-4-16)21(26)27/h2-7,12,19,25H,8-11,14H2,1H3,(H,26,27). The number of benzene rings is 2. The lowest BCUT2D eigenvalue weighted by Gasteiger charge is -2.37. The van der Waals surface area contributed by atoms with Gasteiger partial charge in [0.25, 0.3) is 0 Å². The van der Waals surface area contributed by atoms with E-state index in [1.807, 2.05) is 6.07 Å². The number of aliphatic hydroxyl groups excluding tert-OH is 1. The maximum absolute atomic E-state index is 10.9. The Labute approximate surface area is 164 Å². The number of aromatic carboxylic acids is 1. The van der Waals surface area contributed by atoms with E-state index in [0.717, 1.165) is 31.9 Å². The van der Waals surface area contributed by atoms with E-state index >= 15 is 0 Å². The molecule has 1 heterocycles. The third-order valence-corrected chi connectivity index (χ3v) is 5.00. The molecule has 146 valence electrons. The van der Waals surface area contributed by atoms with Crippen LogP contribution in [0.2, 0.25) is 0 Å². The van der Waals surface area contributed by atoms with Gasteiger partial charge in [-0.25, -0.2) is 4.79 Å². The van der Waals surface area contributed by atoms with E-state index in [1.54, 1.807) is 31.4 Å². The molecule has 0 aliphatic carbocycles. The Morgan fingerprint density at radius 2 is 1.86 bits per heavy atom. The molecule has 0 bridgehead atoms. The van der Waals surface area contributed by atoms with Crippen molar-refractivity contribution < 1.29 is 19.7 Å². The summed E-state index contributed by atoms with van der Waals surface area (Å²) in [5, 5.41) is 28.5. The Kier molecular flexibility index (Phi) is 6.14. The van der Waals surface area contributed by atoms with Crippen molar-refractivity contribution in [1.82, 2.24) is 4.90 Å². The van der Waals surface area contributed by atoms with Gasteiger partial charge < -0.3 is 19.8 Å². The number of hydrogen-bond donors (Lipinski definition) is 2. The number of anilines is 1. The minimum atomic E-state index is -0.976. The summed E-state index contributed by atoms with van der Waals surface area (Å²) in [4.78, 5) is 15.3. The van der Waals surface area contributed by atoms with Crippen LogP contribution < -0.4 is 9.64 Å². The van der Waals surface area contributed by atoms with Crippen LogP contribution in [0.4, 0.5) is 5.69 Å². The molecule has 0 aromatic heterocycles. The zero-order chi connectivity index (χ0) is 20.1. The predicted octanol–water partition coefficient (Wildman–Crippen LogP) is 2.12. The molecule has 0 saturated carbocycles. The van der Waals surface area contributed by atoms with Crippen molar-refractivity contribution in [2.45, 2.75) is 6.10 Å². The Bertz CT molecular complexity index is 868. The summed E-state index contributed by atoms with van der Waals surface area (Å²) in [6.07, 6.45) is -0.668. The van der Waals surface area contributed by atoms with Gasteiger partial charge in [-0.3, -0.25) is 4.90 Å². The van der Waals surface area contributed by atoms with Gasteiger partial charge in [0, 0.05) is 38.8 Å². The second-order valence-corrected chi connectivity index (χ2v) is 6.73. The maximum atomic E-state index is 10.9. The third-order valence-electron chi connectivity index (χ3n) is 5.00. The van der Waals surface area contributed by atoms with E-state index in [0.29, 0.717) is 23.4 Å². The molecule has 1 aliphatic rings. The normalized spacial score (nSPS) is 15.7. The maximum Gasteiger partial charge on any atom is 0.335 e. The molecule has 1 saturated heterocycles. The number of nitrogens with zero attached hydrogens (tertiary/aromatic N) is 3. The average Bonchev–Trinajstić information content (AvgIpc) is 2.73. The summed E-state index contributed by atoms with van der Waals surface area (Å²) >= 11 is 0. The summed E-state index contributed by atoms with van der Waals surface area (Å²) in [5.74, 6) is -0.290. The fraction of sp³-hybridized carbons (Fsp3) is 0.333. The number of methoxy groups -OCH3 is 1. The number of ether oxygens (including phenoxy) is 1. The van der Waals surface area contributed by atoms with Crippen LogP contribution >= 0.6 is 0 Å². The number of carboxylic acid groups (broad SMARTS) is 1. The predicted molar refractivity (Wildman–Crippen MR) is 105 cm³/mol. The number of β-amino-alcohol motifs (C(OH)–C–C–N with tert-alkyl or cyclic N) is 1. The van der Waals surface area contributed by atoms with Gasteiger partial charge in [-0.2, -0.15) is 5.26 Å². The molecule has 7 nitrogen and oxygen atoms in total. The van der Waals surface area contributed by atoms with Crippen molar-refractivity contribution in [2.24, 2.45) is 0 Å². The molecule has 0 amide bonds. The van der Waals surface area contributed by atoms with Crippen LogP contribution in [-0.2, 0) is 0 Å². The molecule has 0 spiro atoms. The quantitative estimate of drug-likeness (QED) is 0.791. The van der Waals surface area contributed by atoms with E-state index in [1.165, 1.54) is 12.1 Å². The lowest BCUT2D eigenvalue weighted by Crippen LogP contribution is -2.47. The van der Waals surface area contributed by atoms with E-state index in [2.05, 4.69) is 15.9 Å². The number of carboxylic acids is 1. The van der Waals surface area contributed by atoms with Crippen LogP contribution in [0.1, 0.15) is 27.6 Å². The molecule has 0 radical (unpaired) electrons. The Balaban J connectivity index is 1.58. The highest BCUT2D eigenvalue weighted by molar-refractivity contribution is 5.87. The van der Waals surface area contributed by atoms with Crippen molar-refractivity contribution in [3.8, 4) is 11.8 Å². The first-order valence-corrected chi connectivity index (χ1v) is 9.08. The molecule has 2 aromatic carbocycles. The molecule has 1 unspecified atom stereocenters. The molecule has 1 fully saturated rings. The van der Waals surface area contributed by atoms with Crippen molar-refractivity contribution in [3.63, 3.8) is 0 Å². The number of nitriles is 1. The zero-order valence-electron chi connectivity index (χ0n) is 15.7. The highest BCUT2D eigenvalue weighted by atomic mass is 16.5. The molecular formula is C21H23N3O4. The summed E-state index contributed by atoms with van der Waals surface area (Å²) in [7, 11) is 1.60. The number of aliphatic hydroxyl groups is 1. The SMILES string of the molecule is COc1cc(C#N)ccc1N1CCN(CC(O)c2ccc(C(=O)O)cc2)CC1. The topological polar surface area (TPSA) is 97.0 Å². The average molecular weight is 381 g/mol. The smallest absolute Gasteiger partial charge is 0.335 e. The van der Waals surface area contributed by atoms with Crippen LogP contribution in [0.15, 0.2) is 42.5 Å². The van der Waals surface area contributed by atoms with Crippen LogP contribution in [0, 0.1) is 11.3 Å². The number of carbonyl (C=O) groups is 1. The minimum Gasteiger partial charge on any atom is -0.495 e. The summed E-state index contributed by atoms with van der Waals surface area (Å²) in [6, 6.07) is 13.9. The van der Waals surface area contributed by atoms with Gasteiger partial charge in [-0.1, -0.05) is 12.1 Å². The Morgan fingerprint density at radius 1 is 1.18 bits per heavy atom. The second kappa shape index (κ2) is 8.74. The van der Waals surface area contributed by atoms with Crippen molar-refractivity contribution >= 4 is 11.7 Å². The summed E-state index contributed by atoms with van der Waals surface area (Å²) < 4.78 is 5.43. The fourth-order valence-electron chi connectivity index (χ4n) is 3.38. The van der Waals surface area contributed by atoms with E-state index in [9.17, 15) is 9.90 Å². The second-order valence-electron chi connectivity index (χ2n) is 6.73. The third kappa shape index (κ3) is 4.42. The monoisotopic (exact) mass is 381 g/mol. The van der Waals surface area contributed by atoms with Crippen molar-refractivity contribution in [3.05, 3.63) is 59.2 Å². The molecule has 1 atom stereocenters. The summed E-state index contributed by atoms with van der Waals surface area (Å²) in [5.41, 5.74) is 2.45. The number of piperazine rings is 1. The van der Waals surface area contributed by atoms with Crippen molar-refractivity contribution in [1.29, 1.82) is 5.26 Å². The highest BCUT2D eigenvalue weighted by Crippen LogP contribution is 2.30. The van der Waals surface area contributed by atoms with Gasteiger partial charge in [0.1, 0.15) is 5.75 Å². The molecule has 2 aromatic rings. The van der Waals surface area contributed by atoms with Crippen molar-refractivity contribution in [2.75, 3.05) is 44.7 Å². The Morgan fingerprint density at radius 3 is 2.43 bits per heavy atom. The molecule has 2 N–H and O–H groups in total. The Hall–Kier alpha value is -3.08. The van der Waals surface area contributed by atoms with Gasteiger partial charge in [0.05, 0.1) is 36.1 Å². The van der Waals surface area contributed by atoms with E-state index in [-0.39, 0.29) is 5.56 Å². The lowest BCUT2D eigenvalue weighted by molar-refractivity contribution is 0.0696. The molecule has 7 heteroatoms. The first-order valence-electron chi connectivity index (χ1n) is 9.08. The minimum absolute atomic E-state index is 0.209. The van der Waals surface area contributed by atoms with Gasteiger partial charge in [0.15, 0.2) is 0 Å². The van der Waals surface area contributed by atoms with Gasteiger partial charge in [-0.05, 0) is 29.8 Å². The number of hydrogen-bond acceptors (Lipinski definition) is 6. The van der Waals surface area contributed by atoms with Crippen LogP contribution in [-0.4, -0.2) is 60.9 Å². The van der Waals surface area contributed by atoms with Crippen LogP contribution in [0.3, 0.4) is 0 Å². The fourth-order valence-corrected chi connectivity index (χ4v) is 3.38. The van der Waals surface area contributed by atoms with Gasteiger partial charge >= 0.3 is 5.97 Å². The summed E-state index contributed by atoms with van der Waals surface area (Å²) in [6.45, 7) is 3.63. The zero-order valence-corrected chi connectivity index (χ0v) is 15.7. The first-order chi connectivity index (χ1) is 13.5. The van der Waals surface area contributed by atoms with Gasteiger partial charge in [0.2, 0.25) is 0 Å².